The molecule has 72 valence electrons. The number of aromatic nitrogens is 2. The quantitative estimate of drug-likeness (QED) is 0.616. The molecule has 0 atom stereocenters. The molecule has 1 heterocycles. The van der Waals surface area contributed by atoms with Gasteiger partial charge in [0.05, 0.1) is 0 Å². The van der Waals surface area contributed by atoms with Crippen molar-refractivity contribution in [3.8, 4) is 0 Å². The van der Waals surface area contributed by atoms with Crippen LogP contribution in [0.5, 0.6) is 0 Å². The van der Waals surface area contributed by atoms with Crippen LogP contribution in [0.2, 0.25) is 0 Å². The van der Waals surface area contributed by atoms with Gasteiger partial charge in [-0.2, -0.15) is 0 Å². The number of hydrogen-bond donors (Lipinski definition) is 1. The number of thioether (sulfide) groups is 2. The monoisotopic (exact) mass is 215 g/mol. The van der Waals surface area contributed by atoms with Crippen LogP contribution >= 0.6 is 23.5 Å². The zero-order valence-electron chi connectivity index (χ0n) is 8.00. The van der Waals surface area contributed by atoms with E-state index in [1.165, 1.54) is 0 Å². The minimum atomic E-state index is 0.721. The second-order valence-electron chi connectivity index (χ2n) is 2.31. The second-order valence-corrected chi connectivity index (χ2v) is 3.96. The molecular weight excluding hydrogens is 202 g/mol. The average molecular weight is 215 g/mol. The molecule has 0 aromatic carbocycles. The van der Waals surface area contributed by atoms with Crippen molar-refractivity contribution in [2.75, 3.05) is 24.4 Å². The molecule has 0 saturated carbocycles. The van der Waals surface area contributed by atoms with Crippen LogP contribution in [-0.2, 0) is 0 Å². The van der Waals surface area contributed by atoms with Crippen LogP contribution in [0.3, 0.4) is 0 Å². The van der Waals surface area contributed by atoms with E-state index in [0.29, 0.717) is 0 Å². The first-order chi connectivity index (χ1) is 6.30. The topological polar surface area (TPSA) is 37.8 Å². The van der Waals surface area contributed by atoms with Crippen molar-refractivity contribution in [3.05, 3.63) is 6.07 Å². The van der Waals surface area contributed by atoms with E-state index in [4.69, 9.17) is 0 Å². The smallest absolute Gasteiger partial charge is 0.224 e. The van der Waals surface area contributed by atoms with E-state index in [2.05, 4.69) is 15.3 Å². The molecule has 0 radical (unpaired) electrons. The van der Waals surface area contributed by atoms with Crippen molar-refractivity contribution < 1.29 is 0 Å². The summed E-state index contributed by atoms with van der Waals surface area (Å²) >= 11 is 3.27. The summed E-state index contributed by atoms with van der Waals surface area (Å²) in [6, 6.07) is 2.00. The number of rotatable bonds is 4. The van der Waals surface area contributed by atoms with Gasteiger partial charge in [-0.25, -0.2) is 9.97 Å². The molecule has 5 heteroatoms. The van der Waals surface area contributed by atoms with Crippen molar-refractivity contribution in [3.63, 3.8) is 0 Å². The first-order valence-corrected chi connectivity index (χ1v) is 6.46. The molecule has 1 N–H and O–H groups in total. The lowest BCUT2D eigenvalue weighted by molar-refractivity contribution is 0.952. The molecule has 0 aliphatic rings. The van der Waals surface area contributed by atoms with Gasteiger partial charge >= 0.3 is 0 Å². The van der Waals surface area contributed by atoms with Gasteiger partial charge < -0.3 is 5.32 Å². The molecule has 1 rings (SSSR count). The maximum absolute atomic E-state index is 4.32. The van der Waals surface area contributed by atoms with Gasteiger partial charge in [0.1, 0.15) is 10.1 Å². The van der Waals surface area contributed by atoms with Crippen LogP contribution in [0, 0.1) is 0 Å². The van der Waals surface area contributed by atoms with Gasteiger partial charge in [0, 0.05) is 12.6 Å². The van der Waals surface area contributed by atoms with Crippen LogP contribution < -0.4 is 5.32 Å². The highest BCUT2D eigenvalue weighted by atomic mass is 32.2. The second kappa shape index (κ2) is 5.34. The molecule has 0 unspecified atom stereocenters. The van der Waals surface area contributed by atoms with E-state index in [1.807, 2.05) is 25.5 Å². The number of nitrogens with zero attached hydrogens (tertiary/aromatic N) is 2. The molecular formula is C8H13N3S2. The maximum Gasteiger partial charge on any atom is 0.224 e. The number of hydrogen-bond acceptors (Lipinski definition) is 5. The Bertz CT molecular complexity index is 256. The molecule has 0 fully saturated rings. The fourth-order valence-corrected chi connectivity index (χ4v) is 1.74. The van der Waals surface area contributed by atoms with E-state index in [-0.39, 0.29) is 0 Å². The fraction of sp³-hybridized carbons (Fsp3) is 0.500. The Morgan fingerprint density at radius 1 is 1.23 bits per heavy atom. The third-order valence-electron chi connectivity index (χ3n) is 1.43. The minimum absolute atomic E-state index is 0.721. The largest absolute Gasteiger partial charge is 0.354 e. The van der Waals surface area contributed by atoms with Crippen molar-refractivity contribution in [2.24, 2.45) is 0 Å². The Morgan fingerprint density at radius 3 is 2.15 bits per heavy atom. The molecule has 0 bridgehead atoms. The number of anilines is 1. The van der Waals surface area contributed by atoms with Crippen LogP contribution in [0.25, 0.3) is 0 Å². The minimum Gasteiger partial charge on any atom is -0.354 e. The van der Waals surface area contributed by atoms with Gasteiger partial charge in [-0.3, -0.25) is 0 Å². The van der Waals surface area contributed by atoms with E-state index < -0.39 is 0 Å². The normalized spacial score (nSPS) is 10.1. The summed E-state index contributed by atoms with van der Waals surface area (Å²) in [6.45, 7) is 2.89. The first kappa shape index (κ1) is 10.7. The Labute approximate surface area is 87.1 Å². The Balaban J connectivity index is 2.93. The highest BCUT2D eigenvalue weighted by molar-refractivity contribution is 7.99. The fourth-order valence-electron chi connectivity index (χ4n) is 0.850. The predicted octanol–water partition coefficient (Wildman–Crippen LogP) is 2.35. The molecule has 0 amide bonds. The Hall–Kier alpha value is -0.420. The molecule has 0 aliphatic carbocycles. The molecule has 0 aliphatic heterocycles. The van der Waals surface area contributed by atoms with E-state index in [9.17, 15) is 0 Å². The van der Waals surface area contributed by atoms with Crippen molar-refractivity contribution in [1.82, 2.24) is 9.97 Å². The molecule has 0 saturated heterocycles. The summed E-state index contributed by atoms with van der Waals surface area (Å²) in [5, 5.41) is 5.13. The molecule has 13 heavy (non-hydrogen) atoms. The SMILES string of the molecule is CCNc1nc(SC)cc(SC)n1. The lowest BCUT2D eigenvalue weighted by atomic mass is 10.6. The van der Waals surface area contributed by atoms with E-state index >= 15 is 0 Å². The maximum atomic E-state index is 4.32. The highest BCUT2D eigenvalue weighted by Crippen LogP contribution is 2.20. The summed E-state index contributed by atoms with van der Waals surface area (Å²) < 4.78 is 0. The van der Waals surface area contributed by atoms with Crippen molar-refractivity contribution in [2.45, 2.75) is 17.0 Å². The van der Waals surface area contributed by atoms with Crippen LogP contribution in [0.1, 0.15) is 6.92 Å². The van der Waals surface area contributed by atoms with Gasteiger partial charge in [-0.15, -0.1) is 23.5 Å². The zero-order chi connectivity index (χ0) is 9.68. The van der Waals surface area contributed by atoms with Crippen molar-refractivity contribution >= 4 is 29.5 Å². The van der Waals surface area contributed by atoms with Crippen LogP contribution in [0.15, 0.2) is 16.1 Å². The average Bonchev–Trinajstić information content (AvgIpc) is 2.17. The highest BCUT2D eigenvalue weighted by Gasteiger charge is 2.01. The number of nitrogens with one attached hydrogen (secondary N) is 1. The first-order valence-electron chi connectivity index (χ1n) is 4.01. The van der Waals surface area contributed by atoms with Gasteiger partial charge in [0.2, 0.25) is 5.95 Å². The van der Waals surface area contributed by atoms with E-state index in [1.54, 1.807) is 23.5 Å². The zero-order valence-corrected chi connectivity index (χ0v) is 9.63. The molecule has 1 aromatic heterocycles. The summed E-state index contributed by atoms with van der Waals surface area (Å²) in [5.74, 6) is 0.721. The Kier molecular flexibility index (Phi) is 4.38. The lowest BCUT2D eigenvalue weighted by Gasteiger charge is -2.04. The Morgan fingerprint density at radius 2 is 1.77 bits per heavy atom. The summed E-state index contributed by atoms with van der Waals surface area (Å²) in [5.41, 5.74) is 0. The third-order valence-corrected chi connectivity index (χ3v) is 2.69. The van der Waals surface area contributed by atoms with Crippen LogP contribution in [0.4, 0.5) is 5.95 Å². The van der Waals surface area contributed by atoms with Crippen molar-refractivity contribution in [1.29, 1.82) is 0 Å². The van der Waals surface area contributed by atoms with Gasteiger partial charge in [-0.05, 0) is 19.4 Å². The predicted molar refractivity (Wildman–Crippen MR) is 59.8 cm³/mol. The third kappa shape index (κ3) is 3.08. The van der Waals surface area contributed by atoms with Gasteiger partial charge in [0.25, 0.3) is 0 Å². The van der Waals surface area contributed by atoms with E-state index in [0.717, 1.165) is 22.5 Å². The summed E-state index contributed by atoms with van der Waals surface area (Å²) in [6.07, 6.45) is 4.03. The molecule has 1 aromatic rings. The summed E-state index contributed by atoms with van der Waals surface area (Å²) in [7, 11) is 0. The standard InChI is InChI=1S/C8H13N3S2/c1-4-9-8-10-6(12-2)5-7(11-8)13-3/h5H,4H2,1-3H3,(H,9,10,11). The molecule has 0 spiro atoms. The lowest BCUT2D eigenvalue weighted by Crippen LogP contribution is -2.03. The summed E-state index contributed by atoms with van der Waals surface area (Å²) in [4.78, 5) is 8.63. The molecule has 3 nitrogen and oxygen atoms in total. The van der Waals surface area contributed by atoms with Crippen LogP contribution in [-0.4, -0.2) is 29.0 Å². The van der Waals surface area contributed by atoms with Gasteiger partial charge in [-0.1, -0.05) is 0 Å². The van der Waals surface area contributed by atoms with Gasteiger partial charge in [0.15, 0.2) is 0 Å².